The van der Waals surface area contributed by atoms with Gasteiger partial charge in [-0.05, 0) is 30.3 Å². The van der Waals surface area contributed by atoms with Gasteiger partial charge in [0, 0.05) is 12.1 Å². The molecule has 1 aromatic heterocycles. The van der Waals surface area contributed by atoms with E-state index in [0.717, 1.165) is 0 Å². The fourth-order valence-corrected chi connectivity index (χ4v) is 2.16. The van der Waals surface area contributed by atoms with Gasteiger partial charge < -0.3 is 5.73 Å². The molecule has 0 bridgehead atoms. The third-order valence-electron chi connectivity index (χ3n) is 3.12. The van der Waals surface area contributed by atoms with E-state index in [1.54, 1.807) is 30.3 Å². The zero-order chi connectivity index (χ0) is 14.8. The molecule has 21 heavy (non-hydrogen) atoms. The number of hydrogen-bond donors (Lipinski definition) is 1. The summed E-state index contributed by atoms with van der Waals surface area (Å²) in [5, 5.41) is 7.93. The van der Waals surface area contributed by atoms with E-state index in [1.807, 2.05) is 0 Å². The molecule has 3 aromatic rings. The van der Waals surface area contributed by atoms with E-state index in [-0.39, 0.29) is 6.54 Å². The van der Waals surface area contributed by atoms with Crippen LogP contribution >= 0.6 is 0 Å². The molecule has 0 saturated carbocycles. The van der Waals surface area contributed by atoms with Crippen molar-refractivity contribution in [2.45, 2.75) is 6.54 Å². The van der Waals surface area contributed by atoms with E-state index < -0.39 is 11.6 Å². The van der Waals surface area contributed by atoms with Crippen LogP contribution in [0.3, 0.4) is 0 Å². The van der Waals surface area contributed by atoms with Gasteiger partial charge in [0.05, 0.1) is 5.69 Å². The molecule has 106 valence electrons. The highest BCUT2D eigenvalue weighted by Crippen LogP contribution is 2.27. The summed E-state index contributed by atoms with van der Waals surface area (Å²) in [6.45, 7) is 0.110. The van der Waals surface area contributed by atoms with Crippen LogP contribution in [0, 0.1) is 11.6 Å². The van der Waals surface area contributed by atoms with E-state index >= 15 is 0 Å². The molecule has 3 rings (SSSR count). The fraction of sp³-hybridized carbons (Fsp3) is 0.0667. The van der Waals surface area contributed by atoms with Crippen molar-refractivity contribution in [1.29, 1.82) is 0 Å². The number of rotatable bonds is 3. The average molecular weight is 286 g/mol. The molecule has 2 aromatic carbocycles. The maximum absolute atomic E-state index is 14.1. The molecule has 6 heteroatoms. The largest absolute Gasteiger partial charge is 0.325 e. The Kier molecular flexibility index (Phi) is 3.45. The number of halogens is 2. The molecule has 0 unspecified atom stereocenters. The maximum Gasteiger partial charge on any atom is 0.132 e. The zero-order valence-corrected chi connectivity index (χ0v) is 11.0. The van der Waals surface area contributed by atoms with Gasteiger partial charge in [-0.3, -0.25) is 0 Å². The summed E-state index contributed by atoms with van der Waals surface area (Å²) in [6.07, 6.45) is 0. The van der Waals surface area contributed by atoms with Crippen molar-refractivity contribution in [3.05, 3.63) is 65.9 Å². The number of nitrogens with two attached hydrogens (primary N) is 1. The quantitative estimate of drug-likeness (QED) is 0.805. The maximum atomic E-state index is 14.1. The number of benzene rings is 2. The van der Waals surface area contributed by atoms with Crippen molar-refractivity contribution in [2.75, 3.05) is 0 Å². The summed E-state index contributed by atoms with van der Waals surface area (Å²) in [5.74, 6) is -0.816. The average Bonchev–Trinajstić information content (AvgIpc) is 2.91. The van der Waals surface area contributed by atoms with Gasteiger partial charge in [-0.2, -0.15) is 0 Å². The normalized spacial score (nSPS) is 10.8. The molecular formula is C15H12F2N4. The number of aromatic nitrogens is 3. The Hall–Kier alpha value is -2.60. The predicted octanol–water partition coefficient (Wildman–Crippen LogP) is 2.67. The topological polar surface area (TPSA) is 56.7 Å². The lowest BCUT2D eigenvalue weighted by Gasteiger charge is -2.08. The summed E-state index contributed by atoms with van der Waals surface area (Å²) in [5.41, 5.74) is 7.31. The lowest BCUT2D eigenvalue weighted by molar-refractivity contribution is 0.624. The minimum Gasteiger partial charge on any atom is -0.325 e. The second-order valence-corrected chi connectivity index (χ2v) is 4.46. The highest BCUT2D eigenvalue weighted by atomic mass is 19.1. The standard InChI is InChI=1S/C15H12F2N4/c16-10-4-3-5-11(8-10)21-15(14(9-18)19-20-21)12-6-1-2-7-13(12)17/h1-8H,9,18H2. The summed E-state index contributed by atoms with van der Waals surface area (Å²) in [7, 11) is 0. The van der Waals surface area contributed by atoms with Gasteiger partial charge in [-0.25, -0.2) is 13.5 Å². The van der Waals surface area contributed by atoms with E-state index in [4.69, 9.17) is 5.73 Å². The highest BCUT2D eigenvalue weighted by Gasteiger charge is 2.18. The Bertz CT molecular complexity index is 783. The van der Waals surface area contributed by atoms with Crippen LogP contribution in [0.15, 0.2) is 48.5 Å². The second kappa shape index (κ2) is 5.41. The second-order valence-electron chi connectivity index (χ2n) is 4.46. The molecule has 0 aliphatic carbocycles. The smallest absolute Gasteiger partial charge is 0.132 e. The highest BCUT2D eigenvalue weighted by molar-refractivity contribution is 5.65. The summed E-state index contributed by atoms with van der Waals surface area (Å²) < 4.78 is 28.8. The molecule has 4 nitrogen and oxygen atoms in total. The van der Waals surface area contributed by atoms with Gasteiger partial charge >= 0.3 is 0 Å². The van der Waals surface area contributed by atoms with Crippen molar-refractivity contribution < 1.29 is 8.78 Å². The van der Waals surface area contributed by atoms with Crippen molar-refractivity contribution >= 4 is 0 Å². The summed E-state index contributed by atoms with van der Waals surface area (Å²) in [6, 6.07) is 12.1. The van der Waals surface area contributed by atoms with Crippen LogP contribution in [0.5, 0.6) is 0 Å². The van der Waals surface area contributed by atoms with Gasteiger partial charge in [-0.1, -0.05) is 23.4 Å². The molecule has 1 heterocycles. The van der Waals surface area contributed by atoms with Gasteiger partial charge in [0.15, 0.2) is 0 Å². The molecule has 0 amide bonds. The first kappa shape index (κ1) is 13.4. The SMILES string of the molecule is NCc1nnn(-c2cccc(F)c2)c1-c1ccccc1F. The molecule has 0 atom stereocenters. The fourth-order valence-electron chi connectivity index (χ4n) is 2.16. The molecule has 0 radical (unpaired) electrons. The number of nitrogens with zero attached hydrogens (tertiary/aromatic N) is 3. The van der Waals surface area contributed by atoms with Crippen molar-refractivity contribution in [3.8, 4) is 16.9 Å². The molecule has 0 aliphatic rings. The van der Waals surface area contributed by atoms with E-state index in [9.17, 15) is 8.78 Å². The van der Waals surface area contributed by atoms with Crippen LogP contribution in [-0.2, 0) is 6.54 Å². The van der Waals surface area contributed by atoms with E-state index in [1.165, 1.54) is 22.9 Å². The Labute approximate surface area is 119 Å². The van der Waals surface area contributed by atoms with Gasteiger partial charge in [-0.15, -0.1) is 5.10 Å². The predicted molar refractivity (Wildman–Crippen MR) is 74.6 cm³/mol. The molecule has 0 spiro atoms. The van der Waals surface area contributed by atoms with Gasteiger partial charge in [0.1, 0.15) is 23.0 Å². The van der Waals surface area contributed by atoms with Crippen molar-refractivity contribution in [2.24, 2.45) is 5.73 Å². The van der Waals surface area contributed by atoms with Crippen molar-refractivity contribution in [1.82, 2.24) is 15.0 Å². The van der Waals surface area contributed by atoms with Crippen LogP contribution in [0.2, 0.25) is 0 Å². The minimum atomic E-state index is -0.410. The third kappa shape index (κ3) is 2.41. The molecule has 2 N–H and O–H groups in total. The van der Waals surface area contributed by atoms with E-state index in [0.29, 0.717) is 22.6 Å². The number of hydrogen-bond acceptors (Lipinski definition) is 3. The molecule has 0 fully saturated rings. The Morgan fingerprint density at radius 2 is 1.86 bits per heavy atom. The Balaban J connectivity index is 2.24. The van der Waals surface area contributed by atoms with Crippen LogP contribution in [0.25, 0.3) is 16.9 Å². The molecule has 0 aliphatic heterocycles. The van der Waals surface area contributed by atoms with Crippen LogP contribution in [-0.4, -0.2) is 15.0 Å². The minimum absolute atomic E-state index is 0.110. The summed E-state index contributed by atoms with van der Waals surface area (Å²) >= 11 is 0. The summed E-state index contributed by atoms with van der Waals surface area (Å²) in [4.78, 5) is 0. The van der Waals surface area contributed by atoms with Crippen molar-refractivity contribution in [3.63, 3.8) is 0 Å². The molecule has 0 saturated heterocycles. The van der Waals surface area contributed by atoms with E-state index in [2.05, 4.69) is 10.3 Å². The lowest BCUT2D eigenvalue weighted by atomic mass is 10.1. The first-order valence-electron chi connectivity index (χ1n) is 6.36. The Morgan fingerprint density at radius 1 is 1.05 bits per heavy atom. The zero-order valence-electron chi connectivity index (χ0n) is 11.0. The van der Waals surface area contributed by atoms with Crippen LogP contribution in [0.4, 0.5) is 8.78 Å². The molecular weight excluding hydrogens is 274 g/mol. The monoisotopic (exact) mass is 286 g/mol. The first-order chi connectivity index (χ1) is 10.2. The van der Waals surface area contributed by atoms with Crippen LogP contribution in [0.1, 0.15) is 5.69 Å². The van der Waals surface area contributed by atoms with Crippen LogP contribution < -0.4 is 5.73 Å². The van der Waals surface area contributed by atoms with Gasteiger partial charge in [0.2, 0.25) is 0 Å². The third-order valence-corrected chi connectivity index (χ3v) is 3.12. The first-order valence-corrected chi connectivity index (χ1v) is 6.36. The van der Waals surface area contributed by atoms with Gasteiger partial charge in [0.25, 0.3) is 0 Å². The Morgan fingerprint density at radius 3 is 2.57 bits per heavy atom. The lowest BCUT2D eigenvalue weighted by Crippen LogP contribution is -2.04.